The molecule has 0 aliphatic carbocycles. The first kappa shape index (κ1) is 16.5. The zero-order valence-corrected chi connectivity index (χ0v) is 13.9. The molecule has 0 aliphatic heterocycles. The maximum atomic E-state index is 12.4. The van der Waals surface area contributed by atoms with Gasteiger partial charge in [0.05, 0.1) is 18.9 Å². The fourth-order valence-corrected chi connectivity index (χ4v) is 2.33. The number of aromatic nitrogens is 2. The molecule has 3 rings (SSSR count). The van der Waals surface area contributed by atoms with Crippen LogP contribution in [0.15, 0.2) is 58.2 Å². The molecule has 7 nitrogen and oxygen atoms in total. The highest BCUT2D eigenvalue weighted by molar-refractivity contribution is 5.96. The molecule has 3 heterocycles. The third-order valence-electron chi connectivity index (χ3n) is 3.71. The maximum Gasteiger partial charge on any atom is 0.256 e. The summed E-state index contributed by atoms with van der Waals surface area (Å²) >= 11 is 0. The van der Waals surface area contributed by atoms with E-state index in [0.717, 1.165) is 11.3 Å². The van der Waals surface area contributed by atoms with Crippen molar-refractivity contribution in [3.8, 4) is 17.2 Å². The van der Waals surface area contributed by atoms with Gasteiger partial charge in [-0.3, -0.25) is 14.6 Å². The van der Waals surface area contributed by atoms with Gasteiger partial charge in [-0.05, 0) is 23.8 Å². The van der Waals surface area contributed by atoms with Gasteiger partial charge in [-0.25, -0.2) is 0 Å². The average molecular weight is 339 g/mol. The van der Waals surface area contributed by atoms with E-state index in [-0.39, 0.29) is 17.2 Å². The molecule has 0 saturated carbocycles. The van der Waals surface area contributed by atoms with Crippen molar-refractivity contribution in [2.45, 2.75) is 6.54 Å². The first-order valence-corrected chi connectivity index (χ1v) is 7.60. The monoisotopic (exact) mass is 339 g/mol. The molecule has 128 valence electrons. The lowest BCUT2D eigenvalue weighted by molar-refractivity contribution is 0.0947. The molecular weight excluding hydrogens is 322 g/mol. The SMILES string of the molecule is COc1cc(=O)n(C)cc1C(=O)NCc1ccc(-c2ccco2)nc1. The summed E-state index contributed by atoms with van der Waals surface area (Å²) in [6.45, 7) is 0.302. The van der Waals surface area contributed by atoms with Gasteiger partial charge < -0.3 is 19.0 Å². The molecule has 0 radical (unpaired) electrons. The van der Waals surface area contributed by atoms with Crippen molar-refractivity contribution in [3.05, 3.63) is 70.5 Å². The van der Waals surface area contributed by atoms with E-state index in [9.17, 15) is 9.59 Å². The van der Waals surface area contributed by atoms with Crippen LogP contribution in [-0.4, -0.2) is 22.6 Å². The zero-order chi connectivity index (χ0) is 17.8. The van der Waals surface area contributed by atoms with Crippen LogP contribution in [0.5, 0.6) is 5.75 Å². The molecule has 7 heteroatoms. The van der Waals surface area contributed by atoms with E-state index in [1.54, 1.807) is 25.6 Å². The Bertz CT molecular complexity index is 928. The minimum atomic E-state index is -0.331. The van der Waals surface area contributed by atoms with Gasteiger partial charge in [-0.15, -0.1) is 0 Å². The topological polar surface area (TPSA) is 86.4 Å². The minimum absolute atomic E-state index is 0.242. The van der Waals surface area contributed by atoms with Gasteiger partial charge in [0, 0.05) is 32.1 Å². The van der Waals surface area contributed by atoms with E-state index in [4.69, 9.17) is 9.15 Å². The number of ether oxygens (including phenoxy) is 1. The van der Waals surface area contributed by atoms with Crippen molar-refractivity contribution >= 4 is 5.91 Å². The van der Waals surface area contributed by atoms with Crippen LogP contribution in [0.1, 0.15) is 15.9 Å². The van der Waals surface area contributed by atoms with Gasteiger partial charge in [0.15, 0.2) is 5.76 Å². The summed E-state index contributed by atoms with van der Waals surface area (Å²) in [5.41, 5.74) is 1.61. The molecule has 0 aliphatic rings. The number of nitrogens with one attached hydrogen (secondary N) is 1. The smallest absolute Gasteiger partial charge is 0.256 e. The Morgan fingerprint density at radius 3 is 2.84 bits per heavy atom. The van der Waals surface area contributed by atoms with Crippen LogP contribution in [0.25, 0.3) is 11.5 Å². The van der Waals surface area contributed by atoms with Crippen molar-refractivity contribution in [1.82, 2.24) is 14.9 Å². The Balaban J connectivity index is 1.70. The zero-order valence-electron chi connectivity index (χ0n) is 13.9. The van der Waals surface area contributed by atoms with Gasteiger partial charge in [-0.1, -0.05) is 6.07 Å². The standard InChI is InChI=1S/C18H17N3O4/c1-21-11-13(16(24-2)8-17(21)22)18(23)20-10-12-5-6-14(19-9-12)15-4-3-7-25-15/h3-9,11H,10H2,1-2H3,(H,20,23). The number of pyridine rings is 2. The van der Waals surface area contributed by atoms with E-state index < -0.39 is 0 Å². The lowest BCUT2D eigenvalue weighted by Gasteiger charge is -2.10. The molecule has 0 atom stereocenters. The van der Waals surface area contributed by atoms with Crippen LogP contribution in [0.3, 0.4) is 0 Å². The Hall–Kier alpha value is -3.35. The summed E-state index contributed by atoms with van der Waals surface area (Å²) in [6, 6.07) is 8.60. The summed E-state index contributed by atoms with van der Waals surface area (Å²) in [5.74, 6) is 0.597. The van der Waals surface area contributed by atoms with E-state index in [1.807, 2.05) is 18.2 Å². The quantitative estimate of drug-likeness (QED) is 0.768. The number of carbonyl (C=O) groups is 1. The van der Waals surface area contributed by atoms with Gasteiger partial charge in [-0.2, -0.15) is 0 Å². The number of hydrogen-bond donors (Lipinski definition) is 1. The van der Waals surface area contributed by atoms with Crippen LogP contribution in [0.4, 0.5) is 0 Å². The van der Waals surface area contributed by atoms with Crippen LogP contribution < -0.4 is 15.6 Å². The first-order valence-electron chi connectivity index (χ1n) is 7.60. The van der Waals surface area contributed by atoms with E-state index in [1.165, 1.54) is 23.9 Å². The van der Waals surface area contributed by atoms with Crippen molar-refractivity contribution in [1.29, 1.82) is 0 Å². The molecule has 0 spiro atoms. The second-order valence-electron chi connectivity index (χ2n) is 5.42. The van der Waals surface area contributed by atoms with Crippen LogP contribution in [0, 0.1) is 0 Å². The molecule has 0 fully saturated rings. The lowest BCUT2D eigenvalue weighted by Crippen LogP contribution is -2.26. The first-order chi connectivity index (χ1) is 12.1. The van der Waals surface area contributed by atoms with Gasteiger partial charge in [0.1, 0.15) is 11.4 Å². The number of methoxy groups -OCH3 is 1. The number of hydrogen-bond acceptors (Lipinski definition) is 5. The largest absolute Gasteiger partial charge is 0.496 e. The number of nitrogens with zero attached hydrogens (tertiary/aromatic N) is 2. The number of furan rings is 1. The van der Waals surface area contributed by atoms with Crippen molar-refractivity contribution in [3.63, 3.8) is 0 Å². The highest BCUT2D eigenvalue weighted by atomic mass is 16.5. The van der Waals surface area contributed by atoms with Gasteiger partial charge in [0.25, 0.3) is 11.5 Å². The van der Waals surface area contributed by atoms with E-state index in [0.29, 0.717) is 17.9 Å². The number of carbonyl (C=O) groups excluding carboxylic acids is 1. The Labute approximate surface area is 143 Å². The van der Waals surface area contributed by atoms with E-state index >= 15 is 0 Å². The molecule has 0 saturated heterocycles. The van der Waals surface area contributed by atoms with E-state index in [2.05, 4.69) is 10.3 Å². The molecule has 1 amide bonds. The molecule has 25 heavy (non-hydrogen) atoms. The number of aryl methyl sites for hydroxylation is 1. The highest BCUT2D eigenvalue weighted by Crippen LogP contribution is 2.17. The number of rotatable bonds is 5. The summed E-state index contributed by atoms with van der Waals surface area (Å²) in [7, 11) is 3.00. The molecule has 0 bridgehead atoms. The second kappa shape index (κ2) is 7.04. The fourth-order valence-electron chi connectivity index (χ4n) is 2.33. The second-order valence-corrected chi connectivity index (χ2v) is 5.42. The average Bonchev–Trinajstić information content (AvgIpc) is 3.16. The summed E-state index contributed by atoms with van der Waals surface area (Å²) < 4.78 is 11.7. The predicted molar refractivity (Wildman–Crippen MR) is 91.3 cm³/mol. The molecule has 0 aromatic carbocycles. The van der Waals surface area contributed by atoms with Crippen molar-refractivity contribution in [2.24, 2.45) is 7.05 Å². The molecule has 3 aromatic rings. The summed E-state index contributed by atoms with van der Waals surface area (Å²) in [6.07, 6.45) is 4.72. The third-order valence-corrected chi connectivity index (χ3v) is 3.71. The molecule has 1 N–H and O–H groups in total. The van der Waals surface area contributed by atoms with Crippen LogP contribution >= 0.6 is 0 Å². The minimum Gasteiger partial charge on any atom is -0.496 e. The molecule has 0 unspecified atom stereocenters. The van der Waals surface area contributed by atoms with Gasteiger partial charge >= 0.3 is 0 Å². The Morgan fingerprint density at radius 1 is 1.36 bits per heavy atom. The maximum absolute atomic E-state index is 12.4. The molecule has 3 aromatic heterocycles. The molecular formula is C18H17N3O4. The van der Waals surface area contributed by atoms with Crippen molar-refractivity contribution < 1.29 is 13.9 Å². The lowest BCUT2D eigenvalue weighted by atomic mass is 10.2. The summed E-state index contributed by atoms with van der Waals surface area (Å²) in [5, 5.41) is 2.79. The number of amides is 1. The summed E-state index contributed by atoms with van der Waals surface area (Å²) in [4.78, 5) is 28.3. The van der Waals surface area contributed by atoms with Crippen LogP contribution in [-0.2, 0) is 13.6 Å². The predicted octanol–water partition coefficient (Wildman–Crippen LogP) is 1.98. The van der Waals surface area contributed by atoms with Gasteiger partial charge in [0.2, 0.25) is 0 Å². The fraction of sp³-hybridized carbons (Fsp3) is 0.167. The Morgan fingerprint density at radius 2 is 2.20 bits per heavy atom. The van der Waals surface area contributed by atoms with Crippen molar-refractivity contribution in [2.75, 3.05) is 7.11 Å². The normalized spacial score (nSPS) is 10.5. The highest BCUT2D eigenvalue weighted by Gasteiger charge is 2.14. The Kier molecular flexibility index (Phi) is 4.65. The van der Waals surface area contributed by atoms with Crippen LogP contribution in [0.2, 0.25) is 0 Å². The third kappa shape index (κ3) is 3.60.